The number of amides is 2. The SMILES string of the molecule is O=C1c2ccccc2C(=O)N1CCN1CCCC[C@@H]1CO. The summed E-state index contributed by atoms with van der Waals surface area (Å²) in [6, 6.07) is 7.12. The van der Waals surface area contributed by atoms with Crippen LogP contribution in [-0.4, -0.2) is 59.0 Å². The zero-order valence-corrected chi connectivity index (χ0v) is 12.0. The molecular formula is C16H20N2O3. The summed E-state index contributed by atoms with van der Waals surface area (Å²) in [5, 5.41) is 9.41. The molecule has 3 rings (SSSR count). The first kappa shape index (κ1) is 14.2. The van der Waals surface area contributed by atoms with Gasteiger partial charge in [-0.1, -0.05) is 18.6 Å². The van der Waals surface area contributed by atoms with Gasteiger partial charge in [-0.2, -0.15) is 0 Å². The Hall–Kier alpha value is -1.72. The number of hydrogen-bond acceptors (Lipinski definition) is 4. The quantitative estimate of drug-likeness (QED) is 0.844. The van der Waals surface area contributed by atoms with Gasteiger partial charge in [-0.05, 0) is 31.5 Å². The van der Waals surface area contributed by atoms with Gasteiger partial charge in [-0.3, -0.25) is 19.4 Å². The van der Waals surface area contributed by atoms with Gasteiger partial charge in [0.25, 0.3) is 11.8 Å². The van der Waals surface area contributed by atoms with Crippen LogP contribution in [0.25, 0.3) is 0 Å². The van der Waals surface area contributed by atoms with E-state index in [1.165, 1.54) is 4.90 Å². The predicted molar refractivity (Wildman–Crippen MR) is 78.1 cm³/mol. The van der Waals surface area contributed by atoms with Gasteiger partial charge in [-0.15, -0.1) is 0 Å². The number of carbonyl (C=O) groups excluding carboxylic acids is 2. The highest BCUT2D eigenvalue weighted by atomic mass is 16.3. The van der Waals surface area contributed by atoms with Crippen molar-refractivity contribution in [1.82, 2.24) is 9.80 Å². The van der Waals surface area contributed by atoms with Crippen LogP contribution in [0, 0.1) is 0 Å². The molecule has 0 bridgehead atoms. The number of fused-ring (bicyclic) bond motifs is 1. The zero-order chi connectivity index (χ0) is 14.8. The predicted octanol–water partition coefficient (Wildman–Crippen LogP) is 1.13. The van der Waals surface area contributed by atoms with Crippen LogP contribution in [0.5, 0.6) is 0 Å². The molecule has 1 N–H and O–H groups in total. The van der Waals surface area contributed by atoms with Gasteiger partial charge < -0.3 is 5.11 Å². The lowest BCUT2D eigenvalue weighted by molar-refractivity contribution is 0.0562. The Morgan fingerprint density at radius 3 is 2.33 bits per heavy atom. The highest BCUT2D eigenvalue weighted by Gasteiger charge is 2.35. The Kier molecular flexibility index (Phi) is 4.03. The minimum atomic E-state index is -0.201. The molecule has 2 aliphatic heterocycles. The van der Waals surface area contributed by atoms with Crippen LogP contribution >= 0.6 is 0 Å². The molecule has 0 aromatic heterocycles. The fourth-order valence-corrected chi connectivity index (χ4v) is 3.23. The van der Waals surface area contributed by atoms with Gasteiger partial charge in [0.1, 0.15) is 0 Å². The van der Waals surface area contributed by atoms with E-state index in [1.54, 1.807) is 24.3 Å². The van der Waals surface area contributed by atoms with E-state index in [0.29, 0.717) is 24.2 Å². The maximum atomic E-state index is 12.3. The minimum absolute atomic E-state index is 0.141. The average molecular weight is 288 g/mol. The maximum Gasteiger partial charge on any atom is 0.261 e. The van der Waals surface area contributed by atoms with Crippen molar-refractivity contribution in [2.45, 2.75) is 25.3 Å². The van der Waals surface area contributed by atoms with Crippen LogP contribution in [-0.2, 0) is 0 Å². The lowest BCUT2D eigenvalue weighted by Crippen LogP contribution is -2.46. The molecule has 2 heterocycles. The third kappa shape index (κ3) is 2.59. The molecule has 5 nitrogen and oxygen atoms in total. The summed E-state index contributed by atoms with van der Waals surface area (Å²) >= 11 is 0. The number of carbonyl (C=O) groups is 2. The topological polar surface area (TPSA) is 60.9 Å². The summed E-state index contributed by atoms with van der Waals surface area (Å²) < 4.78 is 0. The van der Waals surface area contributed by atoms with E-state index in [-0.39, 0.29) is 24.5 Å². The van der Waals surface area contributed by atoms with Crippen molar-refractivity contribution in [3.63, 3.8) is 0 Å². The standard InChI is InChI=1S/C16H20N2O3/c19-11-12-5-3-4-8-17(12)9-10-18-15(20)13-6-1-2-7-14(13)16(18)21/h1-2,6-7,12,19H,3-5,8-11H2/t12-/m1/s1. The molecule has 0 saturated carbocycles. The molecule has 0 radical (unpaired) electrons. The van der Waals surface area contributed by atoms with E-state index in [1.807, 2.05) is 0 Å². The molecule has 2 amide bonds. The number of benzene rings is 1. The molecule has 0 aliphatic carbocycles. The highest BCUT2D eigenvalue weighted by molar-refractivity contribution is 6.21. The van der Waals surface area contributed by atoms with Gasteiger partial charge >= 0.3 is 0 Å². The second kappa shape index (κ2) is 5.95. The van der Waals surface area contributed by atoms with Crippen LogP contribution in [0.3, 0.4) is 0 Å². The number of aliphatic hydroxyl groups is 1. The first-order valence-corrected chi connectivity index (χ1v) is 7.52. The van der Waals surface area contributed by atoms with Gasteiger partial charge in [0, 0.05) is 19.1 Å². The van der Waals surface area contributed by atoms with Gasteiger partial charge in [0.2, 0.25) is 0 Å². The van der Waals surface area contributed by atoms with Crippen LogP contribution in [0.1, 0.15) is 40.0 Å². The summed E-state index contributed by atoms with van der Waals surface area (Å²) in [6.45, 7) is 2.09. The van der Waals surface area contributed by atoms with Crippen molar-refractivity contribution in [3.05, 3.63) is 35.4 Å². The first-order valence-electron chi connectivity index (χ1n) is 7.52. The number of hydrogen-bond donors (Lipinski definition) is 1. The summed E-state index contributed by atoms with van der Waals surface area (Å²) in [7, 11) is 0. The van der Waals surface area contributed by atoms with Gasteiger partial charge in [0.05, 0.1) is 17.7 Å². The Morgan fingerprint density at radius 2 is 1.71 bits per heavy atom. The third-order valence-electron chi connectivity index (χ3n) is 4.45. The smallest absolute Gasteiger partial charge is 0.261 e. The molecular weight excluding hydrogens is 268 g/mol. The molecule has 0 spiro atoms. The lowest BCUT2D eigenvalue weighted by Gasteiger charge is -2.35. The van der Waals surface area contributed by atoms with Crippen molar-refractivity contribution in [1.29, 1.82) is 0 Å². The lowest BCUT2D eigenvalue weighted by atomic mass is 10.0. The van der Waals surface area contributed by atoms with E-state index < -0.39 is 0 Å². The molecule has 21 heavy (non-hydrogen) atoms. The van der Waals surface area contributed by atoms with Crippen molar-refractivity contribution >= 4 is 11.8 Å². The Balaban J connectivity index is 1.67. The van der Waals surface area contributed by atoms with E-state index in [9.17, 15) is 14.7 Å². The van der Waals surface area contributed by atoms with E-state index in [0.717, 1.165) is 25.8 Å². The number of nitrogens with zero attached hydrogens (tertiary/aromatic N) is 2. The largest absolute Gasteiger partial charge is 0.395 e. The fraction of sp³-hybridized carbons (Fsp3) is 0.500. The van der Waals surface area contributed by atoms with Gasteiger partial charge in [-0.25, -0.2) is 0 Å². The van der Waals surface area contributed by atoms with E-state index in [2.05, 4.69) is 4.90 Å². The summed E-state index contributed by atoms with van der Waals surface area (Å²) in [4.78, 5) is 28.1. The Morgan fingerprint density at radius 1 is 1.05 bits per heavy atom. The second-order valence-corrected chi connectivity index (χ2v) is 5.68. The molecule has 0 unspecified atom stereocenters. The maximum absolute atomic E-state index is 12.3. The summed E-state index contributed by atoms with van der Waals surface area (Å²) in [5.41, 5.74) is 1.000. The molecule has 2 aliphatic rings. The molecule has 1 fully saturated rings. The Labute approximate surface area is 124 Å². The highest BCUT2D eigenvalue weighted by Crippen LogP contribution is 2.23. The van der Waals surface area contributed by atoms with E-state index >= 15 is 0 Å². The van der Waals surface area contributed by atoms with Crippen LogP contribution < -0.4 is 0 Å². The monoisotopic (exact) mass is 288 g/mol. The minimum Gasteiger partial charge on any atom is -0.395 e. The first-order chi connectivity index (χ1) is 10.2. The molecule has 1 saturated heterocycles. The van der Waals surface area contributed by atoms with Gasteiger partial charge in [0.15, 0.2) is 0 Å². The molecule has 1 aromatic carbocycles. The number of likely N-dealkylation sites (tertiary alicyclic amines) is 1. The van der Waals surface area contributed by atoms with Crippen molar-refractivity contribution < 1.29 is 14.7 Å². The molecule has 1 atom stereocenters. The van der Waals surface area contributed by atoms with E-state index in [4.69, 9.17) is 0 Å². The van der Waals surface area contributed by atoms with Crippen molar-refractivity contribution in [3.8, 4) is 0 Å². The number of imide groups is 1. The second-order valence-electron chi connectivity index (χ2n) is 5.68. The number of aliphatic hydroxyl groups excluding tert-OH is 1. The van der Waals surface area contributed by atoms with Crippen LogP contribution in [0.4, 0.5) is 0 Å². The normalized spacial score (nSPS) is 22.7. The molecule has 5 heteroatoms. The van der Waals surface area contributed by atoms with Crippen molar-refractivity contribution in [2.75, 3.05) is 26.2 Å². The fourth-order valence-electron chi connectivity index (χ4n) is 3.23. The zero-order valence-electron chi connectivity index (χ0n) is 12.0. The third-order valence-corrected chi connectivity index (χ3v) is 4.45. The Bertz CT molecular complexity index is 523. The molecule has 112 valence electrons. The van der Waals surface area contributed by atoms with Crippen molar-refractivity contribution in [2.24, 2.45) is 0 Å². The molecule has 1 aromatic rings. The summed E-state index contributed by atoms with van der Waals surface area (Å²) in [5.74, 6) is -0.402. The number of rotatable bonds is 4. The van der Waals surface area contributed by atoms with Crippen LogP contribution in [0.2, 0.25) is 0 Å². The number of piperidine rings is 1. The summed E-state index contributed by atoms with van der Waals surface area (Å²) in [6.07, 6.45) is 3.23. The average Bonchev–Trinajstić information content (AvgIpc) is 2.78. The van der Waals surface area contributed by atoms with Crippen LogP contribution in [0.15, 0.2) is 24.3 Å².